The minimum atomic E-state index is -0.541. The normalized spacial score (nSPS) is 14.9. The molecule has 0 aliphatic carbocycles. The number of urea groups is 1. The molecular formula is C18H22FN5O2. The van der Waals surface area contributed by atoms with Gasteiger partial charge in [-0.05, 0) is 37.1 Å². The highest BCUT2D eigenvalue weighted by atomic mass is 19.1. The number of H-pyrrole nitrogens is 1. The number of nitrogens with zero attached hydrogens (tertiary/aromatic N) is 2. The minimum absolute atomic E-state index is 0.0552. The molecule has 138 valence electrons. The molecule has 0 bridgehead atoms. The van der Waals surface area contributed by atoms with Crippen LogP contribution in [0.5, 0.6) is 0 Å². The van der Waals surface area contributed by atoms with Gasteiger partial charge >= 0.3 is 6.03 Å². The van der Waals surface area contributed by atoms with E-state index in [-0.39, 0.29) is 17.6 Å². The molecule has 1 fully saturated rings. The van der Waals surface area contributed by atoms with Gasteiger partial charge in [-0.25, -0.2) is 9.18 Å². The standard InChI is InChI=1S/C18H22FN5O2/c1-2-17(25)21-13-3-4-14(19)16(11-13)22-18(26)24-9-6-12(7-10-24)15-5-8-20-23-15/h3-5,8,11-12H,2,6-7,9-10H2,1H3,(H,20,23)(H,21,25)(H,22,26). The Morgan fingerprint density at radius 2 is 2.04 bits per heavy atom. The van der Waals surface area contributed by atoms with Gasteiger partial charge < -0.3 is 15.5 Å². The lowest BCUT2D eigenvalue weighted by Gasteiger charge is -2.31. The monoisotopic (exact) mass is 359 g/mol. The molecule has 26 heavy (non-hydrogen) atoms. The zero-order valence-electron chi connectivity index (χ0n) is 14.6. The smallest absolute Gasteiger partial charge is 0.321 e. The summed E-state index contributed by atoms with van der Waals surface area (Å²) in [6, 6.07) is 5.73. The van der Waals surface area contributed by atoms with Crippen molar-refractivity contribution >= 4 is 23.3 Å². The first kappa shape index (κ1) is 17.9. The molecule has 1 aromatic heterocycles. The van der Waals surface area contributed by atoms with E-state index in [9.17, 15) is 14.0 Å². The van der Waals surface area contributed by atoms with Gasteiger partial charge in [0.15, 0.2) is 0 Å². The molecule has 0 radical (unpaired) electrons. The van der Waals surface area contributed by atoms with Crippen LogP contribution in [0.2, 0.25) is 0 Å². The van der Waals surface area contributed by atoms with Crippen LogP contribution in [0.4, 0.5) is 20.6 Å². The fourth-order valence-corrected chi connectivity index (χ4v) is 3.03. The van der Waals surface area contributed by atoms with Crippen molar-refractivity contribution in [2.24, 2.45) is 0 Å². The lowest BCUT2D eigenvalue weighted by Crippen LogP contribution is -2.40. The van der Waals surface area contributed by atoms with Gasteiger partial charge in [0.05, 0.1) is 5.69 Å². The lowest BCUT2D eigenvalue weighted by atomic mass is 9.94. The molecule has 3 rings (SSSR count). The van der Waals surface area contributed by atoms with Crippen molar-refractivity contribution in [1.82, 2.24) is 15.1 Å². The third-order valence-corrected chi connectivity index (χ3v) is 4.56. The number of likely N-dealkylation sites (tertiary alicyclic amines) is 1. The van der Waals surface area contributed by atoms with Crippen LogP contribution < -0.4 is 10.6 Å². The first-order chi connectivity index (χ1) is 12.6. The second-order valence-corrected chi connectivity index (χ2v) is 6.30. The number of hydrogen-bond donors (Lipinski definition) is 3. The SMILES string of the molecule is CCC(=O)Nc1ccc(F)c(NC(=O)N2CCC(c3ccn[nH]3)CC2)c1. The van der Waals surface area contributed by atoms with E-state index in [2.05, 4.69) is 20.8 Å². The summed E-state index contributed by atoms with van der Waals surface area (Å²) in [5, 5.41) is 12.2. The Bertz CT molecular complexity index is 770. The third kappa shape index (κ3) is 4.19. The number of nitrogens with one attached hydrogen (secondary N) is 3. The number of carbonyl (C=O) groups excluding carboxylic acids is 2. The average molecular weight is 359 g/mol. The van der Waals surface area contributed by atoms with E-state index in [0.29, 0.717) is 31.1 Å². The summed E-state index contributed by atoms with van der Waals surface area (Å²) in [5.41, 5.74) is 1.58. The molecule has 0 spiro atoms. The Morgan fingerprint density at radius 3 is 2.69 bits per heavy atom. The predicted molar refractivity (Wildman–Crippen MR) is 96.5 cm³/mol. The minimum Gasteiger partial charge on any atom is -0.326 e. The highest BCUT2D eigenvalue weighted by Gasteiger charge is 2.25. The number of anilines is 2. The van der Waals surface area contributed by atoms with Gasteiger partial charge in [0.25, 0.3) is 0 Å². The van der Waals surface area contributed by atoms with Crippen molar-refractivity contribution in [3.05, 3.63) is 42.0 Å². The van der Waals surface area contributed by atoms with Crippen molar-refractivity contribution in [2.45, 2.75) is 32.1 Å². The summed E-state index contributed by atoms with van der Waals surface area (Å²) in [5.74, 6) is -0.360. The Morgan fingerprint density at radius 1 is 1.27 bits per heavy atom. The number of rotatable bonds is 4. The van der Waals surface area contributed by atoms with E-state index < -0.39 is 5.82 Å². The molecule has 0 unspecified atom stereocenters. The zero-order chi connectivity index (χ0) is 18.5. The molecule has 1 saturated heterocycles. The number of aromatic amines is 1. The number of halogens is 1. The Kier molecular flexibility index (Phi) is 5.50. The lowest BCUT2D eigenvalue weighted by molar-refractivity contribution is -0.115. The van der Waals surface area contributed by atoms with Crippen LogP contribution in [0.3, 0.4) is 0 Å². The zero-order valence-corrected chi connectivity index (χ0v) is 14.6. The van der Waals surface area contributed by atoms with Gasteiger partial charge in [-0.1, -0.05) is 6.92 Å². The molecule has 2 aromatic rings. The van der Waals surface area contributed by atoms with Crippen molar-refractivity contribution < 1.29 is 14.0 Å². The molecule has 1 aliphatic rings. The van der Waals surface area contributed by atoms with E-state index in [0.717, 1.165) is 18.5 Å². The van der Waals surface area contributed by atoms with E-state index in [1.54, 1.807) is 18.0 Å². The van der Waals surface area contributed by atoms with Crippen molar-refractivity contribution in [3.8, 4) is 0 Å². The molecule has 7 nitrogen and oxygen atoms in total. The van der Waals surface area contributed by atoms with Crippen LogP contribution in [-0.4, -0.2) is 40.1 Å². The van der Waals surface area contributed by atoms with Crippen LogP contribution in [0.15, 0.2) is 30.5 Å². The number of benzene rings is 1. The van der Waals surface area contributed by atoms with Crippen LogP contribution in [0, 0.1) is 5.82 Å². The van der Waals surface area contributed by atoms with E-state index in [4.69, 9.17) is 0 Å². The number of hydrogen-bond acceptors (Lipinski definition) is 3. The molecule has 0 saturated carbocycles. The summed E-state index contributed by atoms with van der Waals surface area (Å²) in [6.07, 6.45) is 3.70. The first-order valence-electron chi connectivity index (χ1n) is 8.71. The highest BCUT2D eigenvalue weighted by molar-refractivity contribution is 5.93. The Labute approximate surface area is 151 Å². The van der Waals surface area contributed by atoms with Crippen molar-refractivity contribution in [3.63, 3.8) is 0 Å². The van der Waals surface area contributed by atoms with Gasteiger partial charge in [0, 0.05) is 43.0 Å². The van der Waals surface area contributed by atoms with Gasteiger partial charge in [-0.3, -0.25) is 9.89 Å². The average Bonchev–Trinajstić information content (AvgIpc) is 3.19. The molecule has 3 N–H and O–H groups in total. The molecule has 0 atom stereocenters. The summed E-state index contributed by atoms with van der Waals surface area (Å²) in [7, 11) is 0. The van der Waals surface area contributed by atoms with Gasteiger partial charge in [-0.15, -0.1) is 0 Å². The van der Waals surface area contributed by atoms with Crippen molar-refractivity contribution in [2.75, 3.05) is 23.7 Å². The molecule has 3 amide bonds. The van der Waals surface area contributed by atoms with Gasteiger partial charge in [0.1, 0.15) is 5.82 Å². The van der Waals surface area contributed by atoms with E-state index in [1.165, 1.54) is 18.2 Å². The van der Waals surface area contributed by atoms with Crippen LogP contribution in [-0.2, 0) is 4.79 Å². The second-order valence-electron chi connectivity index (χ2n) is 6.30. The topological polar surface area (TPSA) is 90.1 Å². The number of aromatic nitrogens is 2. The summed E-state index contributed by atoms with van der Waals surface area (Å²) < 4.78 is 14.0. The molecular weight excluding hydrogens is 337 g/mol. The number of amides is 3. The number of carbonyl (C=O) groups is 2. The predicted octanol–water partition coefficient (Wildman–Crippen LogP) is 3.31. The van der Waals surface area contributed by atoms with Gasteiger partial charge in [-0.2, -0.15) is 5.10 Å². The van der Waals surface area contributed by atoms with Crippen LogP contribution >= 0.6 is 0 Å². The second kappa shape index (κ2) is 7.99. The molecule has 8 heteroatoms. The van der Waals surface area contributed by atoms with Gasteiger partial charge in [0.2, 0.25) is 5.91 Å². The molecule has 1 aliphatic heterocycles. The Balaban J connectivity index is 1.59. The largest absolute Gasteiger partial charge is 0.326 e. The molecule has 2 heterocycles. The van der Waals surface area contributed by atoms with Crippen LogP contribution in [0.25, 0.3) is 0 Å². The third-order valence-electron chi connectivity index (χ3n) is 4.56. The fraction of sp³-hybridized carbons (Fsp3) is 0.389. The van der Waals surface area contributed by atoms with Crippen molar-refractivity contribution in [1.29, 1.82) is 0 Å². The summed E-state index contributed by atoms with van der Waals surface area (Å²) in [4.78, 5) is 25.6. The quantitative estimate of drug-likeness (QED) is 0.782. The fourth-order valence-electron chi connectivity index (χ4n) is 3.03. The maximum absolute atomic E-state index is 14.0. The Hall–Kier alpha value is -2.90. The van der Waals surface area contributed by atoms with E-state index in [1.807, 2.05) is 6.07 Å². The molecule has 1 aromatic carbocycles. The van der Waals surface area contributed by atoms with E-state index >= 15 is 0 Å². The maximum atomic E-state index is 14.0. The first-order valence-corrected chi connectivity index (χ1v) is 8.71. The number of piperidine rings is 1. The summed E-state index contributed by atoms with van der Waals surface area (Å²) >= 11 is 0. The maximum Gasteiger partial charge on any atom is 0.321 e. The van der Waals surface area contributed by atoms with Crippen LogP contribution in [0.1, 0.15) is 37.8 Å². The highest BCUT2D eigenvalue weighted by Crippen LogP contribution is 2.27. The summed E-state index contributed by atoms with van der Waals surface area (Å²) in [6.45, 7) is 2.90.